The zero-order valence-corrected chi connectivity index (χ0v) is 13.0. The number of carbonyl (C=O) groups is 1. The van der Waals surface area contributed by atoms with Crippen molar-refractivity contribution in [2.75, 3.05) is 0 Å². The van der Waals surface area contributed by atoms with Gasteiger partial charge in [-0.2, -0.15) is 0 Å². The summed E-state index contributed by atoms with van der Waals surface area (Å²) < 4.78 is 0. The molecule has 4 aliphatic carbocycles. The average Bonchev–Trinajstić information content (AvgIpc) is 2.84. The van der Waals surface area contributed by atoms with Crippen molar-refractivity contribution in [3.05, 3.63) is 39.4 Å². The van der Waals surface area contributed by atoms with Gasteiger partial charge in [-0.3, -0.25) is 14.9 Å². The van der Waals surface area contributed by atoms with E-state index < -0.39 is 0 Å². The van der Waals surface area contributed by atoms with Crippen LogP contribution in [0.3, 0.4) is 0 Å². The van der Waals surface area contributed by atoms with Gasteiger partial charge in [-0.05, 0) is 62.3 Å². The van der Waals surface area contributed by atoms with Crippen LogP contribution < -0.4 is 0 Å². The maximum absolute atomic E-state index is 13.0. The highest BCUT2D eigenvalue weighted by Gasteiger charge is 2.56. The molecule has 1 aliphatic heterocycles. The number of amides is 1. The van der Waals surface area contributed by atoms with Gasteiger partial charge in [-0.15, -0.1) is 0 Å². The molecule has 1 aromatic carbocycles. The third-order valence-electron chi connectivity index (χ3n) is 6.72. The standard InChI is InChI=1S/C18H20N2O3/c21-17-14-2-1-3-16(20(22)23)15(14)10-19(17)18-7-11-4-12(8-18)6-13(5-11)9-18/h1-3,11-13H,4-10H2. The first-order valence-electron chi connectivity index (χ1n) is 8.64. The van der Waals surface area contributed by atoms with Crippen molar-refractivity contribution in [3.63, 3.8) is 0 Å². The molecule has 1 aromatic rings. The van der Waals surface area contributed by atoms with Gasteiger partial charge in [0.1, 0.15) is 0 Å². The van der Waals surface area contributed by atoms with Gasteiger partial charge < -0.3 is 4.90 Å². The fourth-order valence-corrected chi connectivity index (χ4v) is 6.27. The lowest BCUT2D eigenvalue weighted by atomic mass is 9.52. The molecule has 0 saturated heterocycles. The number of nitro benzene ring substituents is 1. The molecule has 4 bridgehead atoms. The second-order valence-corrected chi connectivity index (χ2v) is 8.09. The lowest BCUT2D eigenvalue weighted by molar-refractivity contribution is -0.385. The van der Waals surface area contributed by atoms with Crippen molar-refractivity contribution in [1.82, 2.24) is 4.90 Å². The molecule has 0 atom stereocenters. The Kier molecular flexibility index (Phi) is 2.55. The summed E-state index contributed by atoms with van der Waals surface area (Å²) in [5, 5.41) is 11.3. The van der Waals surface area contributed by atoms with Gasteiger partial charge in [0.2, 0.25) is 0 Å². The van der Waals surface area contributed by atoms with Gasteiger partial charge in [0, 0.05) is 11.6 Å². The van der Waals surface area contributed by atoms with Gasteiger partial charge in [-0.25, -0.2) is 0 Å². The summed E-state index contributed by atoms with van der Waals surface area (Å²) in [7, 11) is 0. The van der Waals surface area contributed by atoms with Gasteiger partial charge >= 0.3 is 0 Å². The number of nitrogens with zero attached hydrogens (tertiary/aromatic N) is 2. The smallest absolute Gasteiger partial charge is 0.275 e. The van der Waals surface area contributed by atoms with E-state index in [-0.39, 0.29) is 22.1 Å². The zero-order valence-electron chi connectivity index (χ0n) is 13.0. The third-order valence-corrected chi connectivity index (χ3v) is 6.72. The van der Waals surface area contributed by atoms with Crippen molar-refractivity contribution in [3.8, 4) is 0 Å². The molecule has 5 aliphatic rings. The van der Waals surface area contributed by atoms with Crippen LogP contribution in [0.2, 0.25) is 0 Å². The molecule has 6 rings (SSSR count). The molecule has 5 nitrogen and oxygen atoms in total. The van der Waals surface area contributed by atoms with E-state index in [1.807, 2.05) is 4.90 Å². The first kappa shape index (κ1) is 13.5. The maximum Gasteiger partial charge on any atom is 0.275 e. The molecule has 120 valence electrons. The molecule has 0 unspecified atom stereocenters. The molecule has 4 fully saturated rings. The monoisotopic (exact) mass is 312 g/mol. The van der Waals surface area contributed by atoms with Crippen molar-refractivity contribution in [1.29, 1.82) is 0 Å². The summed E-state index contributed by atoms with van der Waals surface area (Å²) in [5.41, 5.74) is 1.25. The first-order chi connectivity index (χ1) is 11.1. The van der Waals surface area contributed by atoms with Gasteiger partial charge in [0.25, 0.3) is 11.6 Å². The first-order valence-corrected chi connectivity index (χ1v) is 8.64. The lowest BCUT2D eigenvalue weighted by Crippen LogP contribution is -2.59. The summed E-state index contributed by atoms with van der Waals surface area (Å²) in [5.74, 6) is 2.29. The Bertz CT molecular complexity index is 692. The van der Waals surface area contributed by atoms with Gasteiger partial charge in [0.15, 0.2) is 0 Å². The summed E-state index contributed by atoms with van der Waals surface area (Å²) in [6.07, 6.45) is 7.29. The molecule has 4 saturated carbocycles. The maximum atomic E-state index is 13.0. The second kappa shape index (κ2) is 4.34. The molecule has 23 heavy (non-hydrogen) atoms. The Labute approximate surface area is 134 Å². The van der Waals surface area contributed by atoms with Crippen molar-refractivity contribution in [2.45, 2.75) is 50.6 Å². The van der Waals surface area contributed by atoms with Crippen LogP contribution in [-0.2, 0) is 6.54 Å². The second-order valence-electron chi connectivity index (χ2n) is 8.09. The summed E-state index contributed by atoms with van der Waals surface area (Å²) in [4.78, 5) is 25.9. The SMILES string of the molecule is O=C1c2cccc([N+](=O)[O-])c2CN1C12CC3CC(CC(C3)C1)C2. The van der Waals surface area contributed by atoms with Crippen LogP contribution in [0.5, 0.6) is 0 Å². The minimum Gasteiger partial charge on any atom is -0.328 e. The van der Waals surface area contributed by atoms with Crippen LogP contribution in [0.1, 0.15) is 54.4 Å². The van der Waals surface area contributed by atoms with E-state index in [0.29, 0.717) is 17.7 Å². The number of hydrogen-bond acceptors (Lipinski definition) is 3. The quantitative estimate of drug-likeness (QED) is 0.620. The Morgan fingerprint density at radius 2 is 1.70 bits per heavy atom. The van der Waals surface area contributed by atoms with E-state index in [1.54, 1.807) is 12.1 Å². The minimum absolute atomic E-state index is 0.0191. The Hall–Kier alpha value is -1.91. The largest absolute Gasteiger partial charge is 0.328 e. The highest BCUT2D eigenvalue weighted by atomic mass is 16.6. The summed E-state index contributed by atoms with van der Waals surface area (Å²) in [6, 6.07) is 4.92. The van der Waals surface area contributed by atoms with Crippen LogP contribution in [-0.4, -0.2) is 21.3 Å². The molecule has 1 amide bonds. The summed E-state index contributed by atoms with van der Waals surface area (Å²) >= 11 is 0. The number of hydrogen-bond donors (Lipinski definition) is 0. The molecular weight excluding hydrogens is 292 g/mol. The number of fused-ring (bicyclic) bond motifs is 1. The van der Waals surface area contributed by atoms with Crippen LogP contribution >= 0.6 is 0 Å². The average molecular weight is 312 g/mol. The van der Waals surface area contributed by atoms with Crippen LogP contribution in [0.25, 0.3) is 0 Å². The zero-order chi connectivity index (χ0) is 15.8. The van der Waals surface area contributed by atoms with Crippen molar-refractivity contribution >= 4 is 11.6 Å². The topological polar surface area (TPSA) is 63.4 Å². The van der Waals surface area contributed by atoms with E-state index in [1.165, 1.54) is 25.3 Å². The molecular formula is C18H20N2O3. The molecule has 0 spiro atoms. The van der Waals surface area contributed by atoms with Gasteiger partial charge in [-0.1, -0.05) is 6.07 Å². The molecule has 5 heteroatoms. The lowest BCUT2D eigenvalue weighted by Gasteiger charge is -2.59. The summed E-state index contributed by atoms with van der Waals surface area (Å²) in [6.45, 7) is 0.428. The van der Waals surface area contributed by atoms with E-state index in [2.05, 4.69) is 0 Å². The fourth-order valence-electron chi connectivity index (χ4n) is 6.27. The highest BCUT2D eigenvalue weighted by Crippen LogP contribution is 2.59. The Balaban J connectivity index is 1.55. The predicted octanol–water partition coefficient (Wildman–Crippen LogP) is 3.52. The Morgan fingerprint density at radius 1 is 1.09 bits per heavy atom. The Morgan fingerprint density at radius 3 is 2.26 bits per heavy atom. The number of rotatable bonds is 2. The van der Waals surface area contributed by atoms with E-state index >= 15 is 0 Å². The number of nitro groups is 1. The van der Waals surface area contributed by atoms with Gasteiger partial charge in [0.05, 0.1) is 22.6 Å². The molecule has 0 radical (unpaired) electrons. The fraction of sp³-hybridized carbons (Fsp3) is 0.611. The molecule has 0 N–H and O–H groups in total. The minimum atomic E-state index is -0.352. The van der Waals surface area contributed by atoms with E-state index in [4.69, 9.17) is 0 Å². The molecule has 1 heterocycles. The van der Waals surface area contributed by atoms with E-state index in [0.717, 1.165) is 37.0 Å². The highest BCUT2D eigenvalue weighted by molar-refractivity contribution is 6.00. The number of carbonyl (C=O) groups excluding carboxylic acids is 1. The normalized spacial score (nSPS) is 37.3. The number of benzene rings is 1. The van der Waals surface area contributed by atoms with Crippen LogP contribution in [0, 0.1) is 27.9 Å². The van der Waals surface area contributed by atoms with E-state index in [9.17, 15) is 14.9 Å². The van der Waals surface area contributed by atoms with Crippen LogP contribution in [0.4, 0.5) is 5.69 Å². The predicted molar refractivity (Wildman–Crippen MR) is 83.9 cm³/mol. The third kappa shape index (κ3) is 1.76. The molecule has 0 aromatic heterocycles. The van der Waals surface area contributed by atoms with Crippen molar-refractivity contribution < 1.29 is 9.72 Å². The van der Waals surface area contributed by atoms with Crippen LogP contribution in [0.15, 0.2) is 18.2 Å². The van der Waals surface area contributed by atoms with Crippen molar-refractivity contribution in [2.24, 2.45) is 17.8 Å².